The molecule has 0 unspecified atom stereocenters. The molecule has 3 nitrogen and oxygen atoms in total. The Hall–Kier alpha value is -1.55. The van der Waals surface area contributed by atoms with Crippen LogP contribution in [0.3, 0.4) is 0 Å². The van der Waals surface area contributed by atoms with Crippen molar-refractivity contribution < 1.29 is 4.74 Å². The third kappa shape index (κ3) is 5.68. The largest absolute Gasteiger partial charge is 0.494 e. The zero-order valence-electron chi connectivity index (χ0n) is 13.1. The van der Waals surface area contributed by atoms with Crippen LogP contribution in [0.4, 0.5) is 0 Å². The van der Waals surface area contributed by atoms with Crippen molar-refractivity contribution in [3.8, 4) is 5.75 Å². The smallest absolute Gasteiger partial charge is 0.123 e. The predicted octanol–water partition coefficient (Wildman–Crippen LogP) is 3.47. The van der Waals surface area contributed by atoms with Crippen LogP contribution in [0, 0.1) is 0 Å². The molecule has 0 fully saturated rings. The fourth-order valence-corrected chi connectivity index (χ4v) is 2.41. The normalized spacial score (nSPS) is 10.3. The number of hydrogen-bond donors (Lipinski definition) is 1. The van der Waals surface area contributed by atoms with E-state index in [2.05, 4.69) is 41.3 Å². The summed E-state index contributed by atoms with van der Waals surface area (Å²) in [5, 5.41) is 0. The van der Waals surface area contributed by atoms with Gasteiger partial charge in [0.2, 0.25) is 0 Å². The Morgan fingerprint density at radius 2 is 1.64 bits per heavy atom. The number of nitrogens with two attached hydrogens (primary N) is 1. The molecule has 0 radical (unpaired) electrons. The molecule has 22 heavy (non-hydrogen) atoms. The molecule has 0 saturated carbocycles. The minimum absolute atomic E-state index is 0. The lowest BCUT2D eigenvalue weighted by molar-refractivity contribution is 0.256. The lowest BCUT2D eigenvalue weighted by atomic mass is 10.1. The van der Waals surface area contributed by atoms with Crippen molar-refractivity contribution in [2.75, 3.05) is 19.7 Å². The summed E-state index contributed by atoms with van der Waals surface area (Å²) in [6, 6.07) is 18.7. The standard InChI is InChI=1S/C18H24N2O.ClH/c1-2-21-18-11-7-6-10-17(18)15-20(13-12-19)14-16-8-4-3-5-9-16;/h3-11H,2,12-15,19H2,1H3;1H. The van der Waals surface area contributed by atoms with Crippen LogP contribution in [0.2, 0.25) is 0 Å². The van der Waals surface area contributed by atoms with Crippen LogP contribution in [-0.2, 0) is 13.1 Å². The maximum Gasteiger partial charge on any atom is 0.123 e. The van der Waals surface area contributed by atoms with Gasteiger partial charge in [0.1, 0.15) is 5.75 Å². The molecule has 2 aromatic carbocycles. The van der Waals surface area contributed by atoms with Gasteiger partial charge in [-0.05, 0) is 18.6 Å². The Labute approximate surface area is 139 Å². The van der Waals surface area contributed by atoms with Crippen molar-refractivity contribution in [1.29, 1.82) is 0 Å². The minimum Gasteiger partial charge on any atom is -0.494 e. The van der Waals surface area contributed by atoms with Gasteiger partial charge in [-0.25, -0.2) is 0 Å². The highest BCUT2D eigenvalue weighted by atomic mass is 35.5. The molecule has 2 rings (SSSR count). The molecular formula is C18H25ClN2O. The van der Waals surface area contributed by atoms with Crippen LogP contribution >= 0.6 is 12.4 Å². The maximum absolute atomic E-state index is 5.76. The van der Waals surface area contributed by atoms with E-state index in [0.717, 1.165) is 25.4 Å². The zero-order valence-corrected chi connectivity index (χ0v) is 13.9. The number of ether oxygens (including phenoxy) is 1. The lowest BCUT2D eigenvalue weighted by Crippen LogP contribution is -2.28. The number of nitrogens with zero attached hydrogens (tertiary/aromatic N) is 1. The minimum atomic E-state index is 0. The van der Waals surface area contributed by atoms with E-state index in [1.165, 1.54) is 11.1 Å². The summed E-state index contributed by atoms with van der Waals surface area (Å²) >= 11 is 0. The van der Waals surface area contributed by atoms with Crippen molar-refractivity contribution in [3.63, 3.8) is 0 Å². The zero-order chi connectivity index (χ0) is 14.9. The van der Waals surface area contributed by atoms with Crippen LogP contribution in [0.5, 0.6) is 5.75 Å². The molecular weight excluding hydrogens is 296 g/mol. The molecule has 120 valence electrons. The van der Waals surface area contributed by atoms with E-state index in [0.29, 0.717) is 13.2 Å². The van der Waals surface area contributed by atoms with Gasteiger partial charge in [0.25, 0.3) is 0 Å². The van der Waals surface area contributed by atoms with Crippen LogP contribution in [0.25, 0.3) is 0 Å². The van der Waals surface area contributed by atoms with Gasteiger partial charge in [-0.1, -0.05) is 48.5 Å². The van der Waals surface area contributed by atoms with Crippen molar-refractivity contribution in [2.45, 2.75) is 20.0 Å². The number of benzene rings is 2. The highest BCUT2D eigenvalue weighted by Crippen LogP contribution is 2.20. The van der Waals surface area contributed by atoms with E-state index in [9.17, 15) is 0 Å². The van der Waals surface area contributed by atoms with Crippen molar-refractivity contribution in [1.82, 2.24) is 4.90 Å². The molecule has 0 aliphatic rings. The third-order valence-corrected chi connectivity index (χ3v) is 3.36. The molecule has 0 amide bonds. The fourth-order valence-electron chi connectivity index (χ4n) is 2.41. The lowest BCUT2D eigenvalue weighted by Gasteiger charge is -2.23. The topological polar surface area (TPSA) is 38.5 Å². The monoisotopic (exact) mass is 320 g/mol. The Balaban J connectivity index is 0.00000242. The number of hydrogen-bond acceptors (Lipinski definition) is 3. The Morgan fingerprint density at radius 1 is 0.955 bits per heavy atom. The van der Waals surface area contributed by atoms with Gasteiger partial charge in [0.15, 0.2) is 0 Å². The Kier molecular flexibility index (Phi) is 8.60. The van der Waals surface area contributed by atoms with Gasteiger partial charge in [-0.15, -0.1) is 12.4 Å². The molecule has 0 heterocycles. The van der Waals surface area contributed by atoms with Crippen molar-refractivity contribution in [2.24, 2.45) is 5.73 Å². The van der Waals surface area contributed by atoms with Crippen LogP contribution < -0.4 is 10.5 Å². The molecule has 0 aliphatic heterocycles. The van der Waals surface area contributed by atoms with Gasteiger partial charge in [0.05, 0.1) is 6.61 Å². The summed E-state index contributed by atoms with van der Waals surface area (Å²) in [5.41, 5.74) is 8.28. The SMILES string of the molecule is CCOc1ccccc1CN(CCN)Cc1ccccc1.Cl. The molecule has 2 aromatic rings. The number of halogens is 1. The first-order valence-electron chi connectivity index (χ1n) is 7.50. The summed E-state index contributed by atoms with van der Waals surface area (Å²) < 4.78 is 5.71. The fraction of sp³-hybridized carbons (Fsp3) is 0.333. The average molecular weight is 321 g/mol. The van der Waals surface area contributed by atoms with Crippen molar-refractivity contribution in [3.05, 3.63) is 65.7 Å². The first kappa shape index (κ1) is 18.5. The first-order chi connectivity index (χ1) is 10.3. The van der Waals surface area contributed by atoms with Crippen LogP contribution in [0.15, 0.2) is 54.6 Å². The molecule has 0 atom stereocenters. The second-order valence-corrected chi connectivity index (χ2v) is 5.03. The van der Waals surface area contributed by atoms with Gasteiger partial charge < -0.3 is 10.5 Å². The Bertz CT molecular complexity index is 534. The average Bonchev–Trinajstić information content (AvgIpc) is 2.51. The third-order valence-electron chi connectivity index (χ3n) is 3.36. The summed E-state index contributed by atoms with van der Waals surface area (Å²) in [6.45, 7) is 5.98. The summed E-state index contributed by atoms with van der Waals surface area (Å²) in [7, 11) is 0. The Morgan fingerprint density at radius 3 is 2.32 bits per heavy atom. The van der Waals surface area contributed by atoms with E-state index < -0.39 is 0 Å². The first-order valence-corrected chi connectivity index (χ1v) is 7.50. The van der Waals surface area contributed by atoms with Gasteiger partial charge >= 0.3 is 0 Å². The second kappa shape index (κ2) is 10.2. The predicted molar refractivity (Wildman–Crippen MR) is 94.5 cm³/mol. The van der Waals surface area contributed by atoms with E-state index in [4.69, 9.17) is 10.5 Å². The molecule has 0 aliphatic carbocycles. The summed E-state index contributed by atoms with van der Waals surface area (Å²) in [6.07, 6.45) is 0. The highest BCUT2D eigenvalue weighted by Gasteiger charge is 2.09. The van der Waals surface area contributed by atoms with E-state index in [-0.39, 0.29) is 12.4 Å². The van der Waals surface area contributed by atoms with Gasteiger partial charge in [-0.2, -0.15) is 0 Å². The molecule has 4 heteroatoms. The number of para-hydroxylation sites is 1. The quantitative estimate of drug-likeness (QED) is 0.809. The summed E-state index contributed by atoms with van der Waals surface area (Å²) in [5.74, 6) is 0.968. The van der Waals surface area contributed by atoms with E-state index >= 15 is 0 Å². The van der Waals surface area contributed by atoms with Gasteiger partial charge in [-0.3, -0.25) is 4.90 Å². The molecule has 2 N–H and O–H groups in total. The highest BCUT2D eigenvalue weighted by molar-refractivity contribution is 5.85. The number of rotatable bonds is 8. The maximum atomic E-state index is 5.76. The molecule has 0 spiro atoms. The van der Waals surface area contributed by atoms with Crippen LogP contribution in [-0.4, -0.2) is 24.6 Å². The molecule has 0 saturated heterocycles. The van der Waals surface area contributed by atoms with Crippen LogP contribution in [0.1, 0.15) is 18.1 Å². The van der Waals surface area contributed by atoms with E-state index in [1.807, 2.05) is 25.1 Å². The molecule has 0 bridgehead atoms. The van der Waals surface area contributed by atoms with E-state index in [1.54, 1.807) is 0 Å². The second-order valence-electron chi connectivity index (χ2n) is 5.03. The van der Waals surface area contributed by atoms with Gasteiger partial charge in [0, 0.05) is 31.7 Å². The summed E-state index contributed by atoms with van der Waals surface area (Å²) in [4.78, 5) is 2.35. The van der Waals surface area contributed by atoms with Crippen molar-refractivity contribution >= 4 is 12.4 Å². The molecule has 0 aromatic heterocycles.